The maximum Gasteiger partial charge on any atom is 0.172 e. The highest BCUT2D eigenvalue weighted by molar-refractivity contribution is 6.48. The van der Waals surface area contributed by atoms with E-state index >= 15 is 0 Å². The first-order chi connectivity index (χ1) is 4.37. The van der Waals surface area contributed by atoms with Crippen LogP contribution in [0.3, 0.4) is 0 Å². The minimum atomic E-state index is -1.23. The number of alkyl halides is 2. The fraction of sp³-hybridized carbons (Fsp3) is 1.00. The first kappa shape index (κ1) is 10.5. The Kier molecular flexibility index (Phi) is 3.43. The van der Waals surface area contributed by atoms with E-state index in [1.54, 1.807) is 0 Å². The van der Waals surface area contributed by atoms with Crippen LogP contribution in [-0.2, 0) is 0 Å². The van der Waals surface area contributed by atoms with Gasteiger partial charge in [0.15, 0.2) is 4.46 Å². The monoisotopic (exact) mass is 184 g/mol. The summed E-state index contributed by atoms with van der Waals surface area (Å²) in [6, 6.07) is 0. The zero-order valence-electron chi connectivity index (χ0n) is 6.32. The molecule has 0 rings (SSSR count). The molecule has 0 aromatic heterocycles. The molecule has 0 aliphatic heterocycles. The third-order valence-electron chi connectivity index (χ3n) is 2.04. The molecular weight excluding hydrogens is 171 g/mol. The minimum Gasteiger partial charge on any atom is -0.330 e. The van der Waals surface area contributed by atoms with Crippen molar-refractivity contribution in [2.24, 2.45) is 16.9 Å². The molecule has 0 saturated carbocycles. The van der Waals surface area contributed by atoms with Gasteiger partial charge in [0.25, 0.3) is 0 Å². The number of hydrogen-bond donors (Lipinski definition) is 2. The quantitative estimate of drug-likeness (QED) is 0.516. The fourth-order valence-electron chi connectivity index (χ4n) is 0.516. The van der Waals surface area contributed by atoms with Gasteiger partial charge < -0.3 is 5.73 Å². The predicted molar refractivity (Wildman–Crippen MR) is 46.1 cm³/mol. The summed E-state index contributed by atoms with van der Waals surface area (Å²) in [7, 11) is 0. The number of halogens is 2. The van der Waals surface area contributed by atoms with E-state index in [1.807, 2.05) is 13.8 Å². The molecule has 0 aromatic rings. The van der Waals surface area contributed by atoms with Crippen molar-refractivity contribution < 1.29 is 0 Å². The van der Waals surface area contributed by atoms with Crippen molar-refractivity contribution >= 4 is 23.2 Å². The van der Waals surface area contributed by atoms with Gasteiger partial charge in [0, 0.05) is 12.0 Å². The molecule has 0 bridgehead atoms. The first-order valence-electron chi connectivity index (χ1n) is 3.24. The third-order valence-corrected chi connectivity index (χ3v) is 2.95. The Morgan fingerprint density at radius 1 is 1.40 bits per heavy atom. The van der Waals surface area contributed by atoms with Gasteiger partial charge in [0.05, 0.1) is 0 Å². The van der Waals surface area contributed by atoms with Crippen molar-refractivity contribution in [3.05, 3.63) is 0 Å². The molecule has 0 aliphatic rings. The van der Waals surface area contributed by atoms with Crippen molar-refractivity contribution in [2.45, 2.75) is 24.7 Å². The normalized spacial score (nSPS) is 18.6. The second-order valence-electron chi connectivity index (χ2n) is 2.74. The van der Waals surface area contributed by atoms with Gasteiger partial charge in [0.1, 0.15) is 0 Å². The van der Waals surface area contributed by atoms with Crippen LogP contribution in [0.25, 0.3) is 0 Å². The van der Waals surface area contributed by atoms with Crippen LogP contribution in [0.5, 0.6) is 0 Å². The Morgan fingerprint density at radius 3 is 1.80 bits per heavy atom. The van der Waals surface area contributed by atoms with E-state index in [0.717, 1.165) is 6.42 Å². The standard InChI is InChI=1S/C6H14Cl2N2/c1-3-5(2,4-9)6(7,8)10/h3-4,9-10H2,1-2H3. The largest absolute Gasteiger partial charge is 0.330 e. The van der Waals surface area contributed by atoms with Crippen LogP contribution in [0.4, 0.5) is 0 Å². The van der Waals surface area contributed by atoms with Crippen LogP contribution in [0.1, 0.15) is 20.3 Å². The molecule has 0 radical (unpaired) electrons. The molecule has 4 N–H and O–H groups in total. The average molecular weight is 185 g/mol. The van der Waals surface area contributed by atoms with Crippen molar-refractivity contribution in [2.75, 3.05) is 6.54 Å². The van der Waals surface area contributed by atoms with Crippen LogP contribution in [0.15, 0.2) is 0 Å². The maximum absolute atomic E-state index is 5.70. The van der Waals surface area contributed by atoms with Crippen LogP contribution < -0.4 is 11.5 Å². The zero-order chi connectivity index (χ0) is 8.41. The summed E-state index contributed by atoms with van der Waals surface area (Å²) in [5, 5.41) is 0. The molecule has 4 heteroatoms. The Balaban J connectivity index is 4.33. The lowest BCUT2D eigenvalue weighted by Crippen LogP contribution is -2.48. The van der Waals surface area contributed by atoms with E-state index in [2.05, 4.69) is 0 Å². The van der Waals surface area contributed by atoms with Gasteiger partial charge in [-0.15, -0.1) is 0 Å². The summed E-state index contributed by atoms with van der Waals surface area (Å²) in [5.41, 5.74) is 10.5. The molecule has 0 amide bonds. The highest BCUT2D eigenvalue weighted by atomic mass is 35.5. The zero-order valence-corrected chi connectivity index (χ0v) is 7.84. The Labute approximate surface area is 71.9 Å². The Hall–Kier alpha value is 0.500. The molecule has 0 saturated heterocycles. The van der Waals surface area contributed by atoms with Crippen molar-refractivity contribution in [1.82, 2.24) is 0 Å². The minimum absolute atomic E-state index is 0.393. The average Bonchev–Trinajstić information content (AvgIpc) is 1.84. The molecular formula is C6H14Cl2N2. The highest BCUT2D eigenvalue weighted by Gasteiger charge is 2.39. The molecule has 2 nitrogen and oxygen atoms in total. The number of rotatable bonds is 3. The lowest BCUT2D eigenvalue weighted by Gasteiger charge is -2.35. The predicted octanol–water partition coefficient (Wildman–Crippen LogP) is 1.45. The van der Waals surface area contributed by atoms with Crippen LogP contribution in [0.2, 0.25) is 0 Å². The van der Waals surface area contributed by atoms with E-state index in [-0.39, 0.29) is 0 Å². The molecule has 1 atom stereocenters. The van der Waals surface area contributed by atoms with E-state index in [1.165, 1.54) is 0 Å². The van der Waals surface area contributed by atoms with Crippen molar-refractivity contribution in [3.63, 3.8) is 0 Å². The molecule has 0 fully saturated rings. The van der Waals surface area contributed by atoms with Gasteiger partial charge in [-0.05, 0) is 6.42 Å². The third kappa shape index (κ3) is 1.99. The van der Waals surface area contributed by atoms with E-state index < -0.39 is 9.87 Å². The van der Waals surface area contributed by atoms with E-state index in [4.69, 9.17) is 34.7 Å². The maximum atomic E-state index is 5.70. The molecule has 0 aromatic carbocycles. The lowest BCUT2D eigenvalue weighted by molar-refractivity contribution is 0.282. The van der Waals surface area contributed by atoms with Gasteiger partial charge in [-0.1, -0.05) is 37.0 Å². The molecule has 0 spiro atoms. The Bertz CT molecular complexity index is 105. The summed E-state index contributed by atoms with van der Waals surface area (Å²) < 4.78 is -1.23. The highest BCUT2D eigenvalue weighted by Crippen LogP contribution is 2.37. The molecule has 0 heterocycles. The van der Waals surface area contributed by atoms with Gasteiger partial charge in [-0.3, -0.25) is 5.73 Å². The molecule has 1 unspecified atom stereocenters. The van der Waals surface area contributed by atoms with Crippen molar-refractivity contribution in [3.8, 4) is 0 Å². The summed E-state index contributed by atoms with van der Waals surface area (Å²) in [6.45, 7) is 4.22. The molecule has 62 valence electrons. The van der Waals surface area contributed by atoms with Gasteiger partial charge in [-0.2, -0.15) is 0 Å². The first-order valence-corrected chi connectivity index (χ1v) is 4.00. The van der Waals surface area contributed by atoms with Crippen molar-refractivity contribution in [1.29, 1.82) is 0 Å². The number of nitrogens with two attached hydrogens (primary N) is 2. The fourth-order valence-corrected chi connectivity index (χ4v) is 0.938. The summed E-state index contributed by atoms with van der Waals surface area (Å²) in [4.78, 5) is 0. The SMILES string of the molecule is CCC(C)(CN)C(N)(Cl)Cl. The van der Waals surface area contributed by atoms with Crippen LogP contribution in [-0.4, -0.2) is 11.0 Å². The Morgan fingerprint density at radius 2 is 1.80 bits per heavy atom. The van der Waals surface area contributed by atoms with Gasteiger partial charge in [-0.25, -0.2) is 0 Å². The molecule has 0 aliphatic carbocycles. The summed E-state index contributed by atoms with van der Waals surface area (Å²) in [6.07, 6.45) is 0.771. The summed E-state index contributed by atoms with van der Waals surface area (Å²) >= 11 is 11.4. The second-order valence-corrected chi connectivity index (χ2v) is 4.13. The topological polar surface area (TPSA) is 52.0 Å². The smallest absolute Gasteiger partial charge is 0.172 e. The van der Waals surface area contributed by atoms with Crippen LogP contribution in [0, 0.1) is 5.41 Å². The van der Waals surface area contributed by atoms with E-state index in [0.29, 0.717) is 6.54 Å². The van der Waals surface area contributed by atoms with Crippen LogP contribution >= 0.6 is 23.2 Å². The van der Waals surface area contributed by atoms with Gasteiger partial charge in [0.2, 0.25) is 0 Å². The lowest BCUT2D eigenvalue weighted by atomic mass is 9.87. The summed E-state index contributed by atoms with van der Waals surface area (Å²) in [5.74, 6) is 0. The number of hydrogen-bond acceptors (Lipinski definition) is 2. The van der Waals surface area contributed by atoms with E-state index in [9.17, 15) is 0 Å². The molecule has 10 heavy (non-hydrogen) atoms. The van der Waals surface area contributed by atoms with Gasteiger partial charge >= 0.3 is 0 Å². The second kappa shape index (κ2) is 3.26.